The molecule has 1 fully saturated rings. The molecule has 2 aliphatic rings. The van der Waals surface area contributed by atoms with Gasteiger partial charge in [-0.3, -0.25) is 0 Å². The first kappa shape index (κ1) is 15.9. The zero-order valence-corrected chi connectivity index (χ0v) is 14.1. The van der Waals surface area contributed by atoms with Crippen molar-refractivity contribution in [3.05, 3.63) is 11.6 Å². The lowest BCUT2D eigenvalue weighted by molar-refractivity contribution is -0.00341. The average Bonchev–Trinajstić information content (AvgIpc) is 2.90. The molecule has 124 valence electrons. The summed E-state index contributed by atoms with van der Waals surface area (Å²) in [7, 11) is 0. The van der Waals surface area contributed by atoms with E-state index in [0.29, 0.717) is 12.0 Å². The number of ether oxygens (including phenoxy) is 1. The monoisotopic (exact) mass is 306 g/mol. The van der Waals surface area contributed by atoms with Crippen LogP contribution in [0.2, 0.25) is 0 Å². The maximum atomic E-state index is 6.06. The first-order chi connectivity index (χ1) is 10.7. The Balaban J connectivity index is 1.32. The number of aromatic nitrogens is 3. The number of nitrogens with one attached hydrogen (secondary N) is 1. The van der Waals surface area contributed by atoms with E-state index in [4.69, 9.17) is 4.74 Å². The van der Waals surface area contributed by atoms with Crippen LogP contribution in [0.4, 0.5) is 0 Å². The largest absolute Gasteiger partial charge is 0.377 e. The first-order valence-electron chi connectivity index (χ1n) is 8.95. The second-order valence-electron chi connectivity index (χ2n) is 7.05. The fourth-order valence-corrected chi connectivity index (χ4v) is 3.82. The molecular formula is C17H30N4O. The van der Waals surface area contributed by atoms with Gasteiger partial charge in [-0.15, -0.1) is 10.2 Å². The lowest BCUT2D eigenvalue weighted by atomic mass is 9.88. The highest BCUT2D eigenvalue weighted by atomic mass is 16.5. The number of hydrogen-bond acceptors (Lipinski definition) is 4. The molecular weight excluding hydrogens is 276 g/mol. The molecule has 1 N–H and O–H groups in total. The Hall–Kier alpha value is -0.940. The summed E-state index contributed by atoms with van der Waals surface area (Å²) in [6.07, 6.45) is 8.07. The topological polar surface area (TPSA) is 52.0 Å². The zero-order valence-electron chi connectivity index (χ0n) is 14.1. The summed E-state index contributed by atoms with van der Waals surface area (Å²) < 4.78 is 8.33. The predicted octanol–water partition coefficient (Wildman–Crippen LogP) is 2.33. The van der Waals surface area contributed by atoms with Crippen molar-refractivity contribution < 1.29 is 4.74 Å². The van der Waals surface area contributed by atoms with Crippen LogP contribution in [0.1, 0.15) is 50.7 Å². The van der Waals surface area contributed by atoms with Gasteiger partial charge in [0.1, 0.15) is 11.6 Å². The summed E-state index contributed by atoms with van der Waals surface area (Å²) in [5.41, 5.74) is 0. The molecule has 0 saturated heterocycles. The van der Waals surface area contributed by atoms with Crippen LogP contribution >= 0.6 is 0 Å². The summed E-state index contributed by atoms with van der Waals surface area (Å²) in [4.78, 5) is 0. The minimum absolute atomic E-state index is 0.493. The van der Waals surface area contributed by atoms with E-state index in [1.165, 1.54) is 32.1 Å². The quantitative estimate of drug-likeness (QED) is 0.820. The third-order valence-electron chi connectivity index (χ3n) is 5.31. The van der Waals surface area contributed by atoms with Crippen LogP contribution in [-0.4, -0.2) is 40.6 Å². The van der Waals surface area contributed by atoms with Crippen molar-refractivity contribution in [2.75, 3.05) is 19.7 Å². The molecule has 0 unspecified atom stereocenters. The summed E-state index contributed by atoms with van der Waals surface area (Å²) in [5, 5.41) is 12.0. The Kier molecular flexibility index (Phi) is 5.47. The van der Waals surface area contributed by atoms with Crippen LogP contribution in [0.15, 0.2) is 0 Å². The Bertz CT molecular complexity index is 473. The van der Waals surface area contributed by atoms with E-state index in [0.717, 1.165) is 50.2 Å². The van der Waals surface area contributed by atoms with E-state index >= 15 is 0 Å². The Labute approximate surface area is 133 Å². The van der Waals surface area contributed by atoms with Crippen molar-refractivity contribution in [1.29, 1.82) is 0 Å². The van der Waals surface area contributed by atoms with Crippen LogP contribution in [0.3, 0.4) is 0 Å². The van der Waals surface area contributed by atoms with Crippen LogP contribution in [0.5, 0.6) is 0 Å². The SMILES string of the molecule is Cc1nnc2n1C[C@H](CNCCO[C@@H]1CCCC[C@H]1C)CC2. The smallest absolute Gasteiger partial charge is 0.133 e. The molecule has 0 radical (unpaired) electrons. The van der Waals surface area contributed by atoms with Crippen LogP contribution in [0.25, 0.3) is 0 Å². The molecule has 0 aromatic carbocycles. The molecule has 5 nitrogen and oxygen atoms in total. The van der Waals surface area contributed by atoms with Gasteiger partial charge >= 0.3 is 0 Å². The van der Waals surface area contributed by atoms with Crippen molar-refractivity contribution in [3.8, 4) is 0 Å². The molecule has 1 aliphatic carbocycles. The van der Waals surface area contributed by atoms with Crippen LogP contribution in [-0.2, 0) is 17.7 Å². The summed E-state index contributed by atoms with van der Waals surface area (Å²) >= 11 is 0. The normalized spacial score (nSPS) is 28.5. The number of aryl methyl sites for hydroxylation is 2. The lowest BCUT2D eigenvalue weighted by Crippen LogP contribution is -2.34. The minimum Gasteiger partial charge on any atom is -0.377 e. The highest BCUT2D eigenvalue weighted by Gasteiger charge is 2.22. The molecule has 1 aromatic rings. The van der Waals surface area contributed by atoms with Gasteiger partial charge in [0.05, 0.1) is 12.7 Å². The number of rotatable bonds is 6. The molecule has 22 heavy (non-hydrogen) atoms. The fraction of sp³-hybridized carbons (Fsp3) is 0.882. The Morgan fingerprint density at radius 2 is 2.09 bits per heavy atom. The highest BCUT2D eigenvalue weighted by Crippen LogP contribution is 2.26. The maximum absolute atomic E-state index is 6.06. The van der Waals surface area contributed by atoms with E-state index < -0.39 is 0 Å². The molecule has 3 atom stereocenters. The van der Waals surface area contributed by atoms with Gasteiger partial charge in [-0.05, 0) is 44.6 Å². The van der Waals surface area contributed by atoms with Gasteiger partial charge in [0, 0.05) is 19.5 Å². The molecule has 0 amide bonds. The van der Waals surface area contributed by atoms with Crippen LogP contribution < -0.4 is 5.32 Å². The minimum atomic E-state index is 0.493. The molecule has 0 bridgehead atoms. The van der Waals surface area contributed by atoms with E-state index in [9.17, 15) is 0 Å². The molecule has 1 aliphatic heterocycles. The lowest BCUT2D eigenvalue weighted by Gasteiger charge is -2.29. The van der Waals surface area contributed by atoms with E-state index in [2.05, 4.69) is 27.0 Å². The van der Waals surface area contributed by atoms with Gasteiger partial charge < -0.3 is 14.6 Å². The Morgan fingerprint density at radius 1 is 1.23 bits per heavy atom. The third kappa shape index (κ3) is 3.87. The first-order valence-corrected chi connectivity index (χ1v) is 8.95. The highest BCUT2D eigenvalue weighted by molar-refractivity contribution is 4.98. The molecule has 1 saturated carbocycles. The maximum Gasteiger partial charge on any atom is 0.133 e. The molecule has 0 spiro atoms. The van der Waals surface area contributed by atoms with Crippen molar-refractivity contribution in [2.45, 2.75) is 65.0 Å². The summed E-state index contributed by atoms with van der Waals surface area (Å²) in [5.74, 6) is 3.63. The predicted molar refractivity (Wildman–Crippen MR) is 86.8 cm³/mol. The van der Waals surface area contributed by atoms with Crippen LogP contribution in [0, 0.1) is 18.8 Å². The van der Waals surface area contributed by atoms with Crippen molar-refractivity contribution in [3.63, 3.8) is 0 Å². The zero-order chi connectivity index (χ0) is 15.4. The summed E-state index contributed by atoms with van der Waals surface area (Å²) in [6, 6.07) is 0. The number of hydrogen-bond donors (Lipinski definition) is 1. The number of fused-ring (bicyclic) bond motifs is 1. The Morgan fingerprint density at radius 3 is 2.95 bits per heavy atom. The van der Waals surface area contributed by atoms with Gasteiger partial charge in [0.15, 0.2) is 0 Å². The van der Waals surface area contributed by atoms with Crippen molar-refractivity contribution in [2.24, 2.45) is 11.8 Å². The molecule has 3 rings (SSSR count). The molecule has 5 heteroatoms. The third-order valence-corrected chi connectivity index (χ3v) is 5.31. The van der Waals surface area contributed by atoms with Gasteiger partial charge in [-0.25, -0.2) is 0 Å². The van der Waals surface area contributed by atoms with E-state index in [1.54, 1.807) is 0 Å². The van der Waals surface area contributed by atoms with Gasteiger partial charge in [0.25, 0.3) is 0 Å². The van der Waals surface area contributed by atoms with Gasteiger partial charge in [-0.1, -0.05) is 19.8 Å². The second kappa shape index (κ2) is 7.55. The van der Waals surface area contributed by atoms with Gasteiger partial charge in [0.2, 0.25) is 0 Å². The second-order valence-corrected chi connectivity index (χ2v) is 7.05. The summed E-state index contributed by atoms with van der Waals surface area (Å²) in [6.45, 7) is 8.32. The standard InChI is InChI=1S/C17H30N4O/c1-13-5-3-4-6-16(13)22-10-9-18-11-15-7-8-17-20-19-14(2)21(17)12-15/h13,15-16,18H,3-12H2,1-2H3/t13-,15+,16-/m1/s1. The van der Waals surface area contributed by atoms with E-state index in [1.807, 2.05) is 6.92 Å². The average molecular weight is 306 g/mol. The van der Waals surface area contributed by atoms with Gasteiger partial charge in [-0.2, -0.15) is 0 Å². The number of nitrogens with zero attached hydrogens (tertiary/aromatic N) is 3. The van der Waals surface area contributed by atoms with Crippen molar-refractivity contribution in [1.82, 2.24) is 20.1 Å². The molecule has 1 aromatic heterocycles. The fourth-order valence-electron chi connectivity index (χ4n) is 3.82. The molecule has 2 heterocycles. The van der Waals surface area contributed by atoms with E-state index in [-0.39, 0.29) is 0 Å². The van der Waals surface area contributed by atoms with Crippen molar-refractivity contribution >= 4 is 0 Å².